The third kappa shape index (κ3) is 17.4. The average Bonchev–Trinajstić information content (AvgIpc) is 2.83. The molecule has 0 heterocycles. The van der Waals surface area contributed by atoms with E-state index >= 15 is 0 Å². The maximum absolute atomic E-state index is 12.3. The molecule has 34 heavy (non-hydrogen) atoms. The third-order valence-electron chi connectivity index (χ3n) is 6.99. The number of rotatable bonds is 22. The molecule has 0 spiro atoms. The molecule has 1 aliphatic carbocycles. The minimum atomic E-state index is -0.327. The SMILES string of the molecule is CCCCCCCCCCCC(=O)O[C]1CCCCC1OC(=O)CCCCCCCCCCC. The summed E-state index contributed by atoms with van der Waals surface area (Å²) in [5.41, 5.74) is 0. The number of hydrogen-bond acceptors (Lipinski definition) is 4. The van der Waals surface area contributed by atoms with Gasteiger partial charge in [0.2, 0.25) is 0 Å². The Hall–Kier alpha value is -1.06. The van der Waals surface area contributed by atoms with Gasteiger partial charge in [0.25, 0.3) is 0 Å². The van der Waals surface area contributed by atoms with Crippen molar-refractivity contribution in [2.45, 2.75) is 174 Å². The molecule has 0 saturated heterocycles. The van der Waals surface area contributed by atoms with Crippen LogP contribution in [0.1, 0.15) is 168 Å². The lowest BCUT2D eigenvalue weighted by Crippen LogP contribution is -2.31. The van der Waals surface area contributed by atoms with Gasteiger partial charge in [-0.05, 0) is 38.5 Å². The van der Waals surface area contributed by atoms with Crippen molar-refractivity contribution in [2.75, 3.05) is 0 Å². The molecule has 1 radical (unpaired) electrons. The van der Waals surface area contributed by atoms with Crippen molar-refractivity contribution >= 4 is 11.9 Å². The predicted molar refractivity (Wildman–Crippen MR) is 141 cm³/mol. The Balaban J connectivity index is 2.10. The number of esters is 2. The van der Waals surface area contributed by atoms with Gasteiger partial charge in [-0.3, -0.25) is 9.59 Å². The van der Waals surface area contributed by atoms with Crippen molar-refractivity contribution in [3.63, 3.8) is 0 Å². The summed E-state index contributed by atoms with van der Waals surface area (Å²) < 4.78 is 11.4. The second kappa shape index (κ2) is 22.4. The van der Waals surface area contributed by atoms with Gasteiger partial charge < -0.3 is 9.47 Å². The molecule has 1 aliphatic rings. The van der Waals surface area contributed by atoms with Crippen molar-refractivity contribution in [2.24, 2.45) is 0 Å². The van der Waals surface area contributed by atoms with Crippen LogP contribution in [-0.2, 0) is 19.1 Å². The maximum atomic E-state index is 12.3. The molecule has 199 valence electrons. The number of hydrogen-bond donors (Lipinski definition) is 0. The smallest absolute Gasteiger partial charge is 0.306 e. The fraction of sp³-hybridized carbons (Fsp3) is 0.900. The van der Waals surface area contributed by atoms with Crippen LogP contribution in [0.4, 0.5) is 0 Å². The molecule has 1 saturated carbocycles. The summed E-state index contributed by atoms with van der Waals surface area (Å²) in [4.78, 5) is 24.7. The highest BCUT2D eigenvalue weighted by atomic mass is 16.6. The van der Waals surface area contributed by atoms with E-state index in [1.165, 1.54) is 89.9 Å². The minimum Gasteiger partial charge on any atom is -0.458 e. The van der Waals surface area contributed by atoms with Gasteiger partial charge in [-0.25, -0.2) is 0 Å². The predicted octanol–water partition coefficient (Wildman–Crippen LogP) is 9.39. The molecule has 4 nitrogen and oxygen atoms in total. The van der Waals surface area contributed by atoms with Gasteiger partial charge in [0, 0.05) is 12.8 Å². The molecule has 0 bridgehead atoms. The van der Waals surface area contributed by atoms with E-state index in [2.05, 4.69) is 13.8 Å². The van der Waals surface area contributed by atoms with Crippen LogP contribution in [0.2, 0.25) is 0 Å². The van der Waals surface area contributed by atoms with Crippen molar-refractivity contribution in [1.29, 1.82) is 0 Å². The fourth-order valence-electron chi connectivity index (χ4n) is 4.77. The van der Waals surface area contributed by atoms with Gasteiger partial charge in [0.1, 0.15) is 6.10 Å². The van der Waals surface area contributed by atoms with Gasteiger partial charge >= 0.3 is 11.9 Å². The van der Waals surface area contributed by atoms with Crippen LogP contribution in [0.25, 0.3) is 0 Å². The Morgan fingerprint density at radius 3 is 1.56 bits per heavy atom. The highest BCUT2D eigenvalue weighted by molar-refractivity contribution is 5.71. The zero-order chi connectivity index (χ0) is 24.7. The zero-order valence-electron chi connectivity index (χ0n) is 22.7. The summed E-state index contributed by atoms with van der Waals surface area (Å²) in [6, 6.07) is 0. The number of carbonyl (C=O) groups excluding carboxylic acids is 2. The van der Waals surface area contributed by atoms with Gasteiger partial charge in [-0.1, -0.05) is 117 Å². The molecule has 0 aliphatic heterocycles. The van der Waals surface area contributed by atoms with E-state index in [0.29, 0.717) is 18.9 Å². The Bertz CT molecular complexity index is 446. The van der Waals surface area contributed by atoms with E-state index in [1.807, 2.05) is 0 Å². The van der Waals surface area contributed by atoms with Gasteiger partial charge in [-0.2, -0.15) is 0 Å². The van der Waals surface area contributed by atoms with Gasteiger partial charge in [-0.15, -0.1) is 0 Å². The molecule has 4 heteroatoms. The van der Waals surface area contributed by atoms with Crippen molar-refractivity contribution < 1.29 is 19.1 Å². The lowest BCUT2D eigenvalue weighted by Gasteiger charge is -2.29. The first-order chi connectivity index (χ1) is 16.7. The van der Waals surface area contributed by atoms with Crippen molar-refractivity contribution in [3.8, 4) is 0 Å². The highest BCUT2D eigenvalue weighted by Gasteiger charge is 2.32. The quantitative estimate of drug-likeness (QED) is 0.115. The van der Waals surface area contributed by atoms with Crippen LogP contribution in [0, 0.1) is 6.10 Å². The number of unbranched alkanes of at least 4 members (excludes halogenated alkanes) is 16. The molecule has 0 amide bonds. The first kappa shape index (κ1) is 31.0. The summed E-state index contributed by atoms with van der Waals surface area (Å²) in [5, 5.41) is 0. The molecule has 1 rings (SSSR count). The summed E-state index contributed by atoms with van der Waals surface area (Å²) in [7, 11) is 0. The van der Waals surface area contributed by atoms with Crippen LogP contribution in [0.5, 0.6) is 0 Å². The third-order valence-corrected chi connectivity index (χ3v) is 6.99. The molecular formula is C30H55O4. The standard InChI is InChI=1S/C30H55O4/c1-3-5-7-9-11-13-15-17-19-25-29(31)33-27-23-21-22-24-28(27)34-30(32)26-20-18-16-14-12-10-8-6-4-2/h27H,3-26H2,1-2H3. The second-order valence-electron chi connectivity index (χ2n) is 10.3. The van der Waals surface area contributed by atoms with E-state index in [1.54, 1.807) is 0 Å². The largest absolute Gasteiger partial charge is 0.458 e. The zero-order valence-corrected chi connectivity index (χ0v) is 22.7. The van der Waals surface area contributed by atoms with Crippen molar-refractivity contribution in [3.05, 3.63) is 6.10 Å². The summed E-state index contributed by atoms with van der Waals surface area (Å²) >= 11 is 0. The first-order valence-corrected chi connectivity index (χ1v) is 14.9. The number of ether oxygens (including phenoxy) is 2. The molecule has 0 aromatic heterocycles. The Morgan fingerprint density at radius 1 is 0.618 bits per heavy atom. The van der Waals surface area contributed by atoms with Crippen molar-refractivity contribution in [1.82, 2.24) is 0 Å². The molecular weight excluding hydrogens is 424 g/mol. The topological polar surface area (TPSA) is 52.6 Å². The summed E-state index contributed by atoms with van der Waals surface area (Å²) in [6.07, 6.45) is 27.1. The molecule has 0 aromatic rings. The summed E-state index contributed by atoms with van der Waals surface area (Å²) in [5.74, 6) is -0.290. The van der Waals surface area contributed by atoms with E-state index in [9.17, 15) is 9.59 Å². The van der Waals surface area contributed by atoms with Gasteiger partial charge in [0.15, 0.2) is 6.10 Å². The first-order valence-electron chi connectivity index (χ1n) is 14.9. The molecule has 1 fully saturated rings. The van der Waals surface area contributed by atoms with Gasteiger partial charge in [0.05, 0.1) is 0 Å². The van der Waals surface area contributed by atoms with Crippen LogP contribution in [0.3, 0.4) is 0 Å². The average molecular weight is 480 g/mol. The normalized spacial score (nSPS) is 16.5. The molecule has 1 unspecified atom stereocenters. The van der Waals surface area contributed by atoms with Crippen LogP contribution < -0.4 is 0 Å². The second-order valence-corrected chi connectivity index (χ2v) is 10.3. The van der Waals surface area contributed by atoms with Crippen LogP contribution in [-0.4, -0.2) is 18.0 Å². The van der Waals surface area contributed by atoms with E-state index < -0.39 is 0 Å². The van der Waals surface area contributed by atoms with Crippen LogP contribution in [0.15, 0.2) is 0 Å². The monoisotopic (exact) mass is 479 g/mol. The molecule has 0 aromatic carbocycles. The summed E-state index contributed by atoms with van der Waals surface area (Å²) in [6.45, 7) is 4.49. The lowest BCUT2D eigenvalue weighted by atomic mass is 9.94. The van der Waals surface area contributed by atoms with E-state index in [-0.39, 0.29) is 18.0 Å². The maximum Gasteiger partial charge on any atom is 0.306 e. The Kier molecular flexibility index (Phi) is 20.4. The Morgan fingerprint density at radius 2 is 1.06 bits per heavy atom. The molecule has 1 atom stereocenters. The Labute approximate surface area is 211 Å². The van der Waals surface area contributed by atoms with E-state index in [0.717, 1.165) is 51.4 Å². The molecule has 0 N–H and O–H groups in total. The van der Waals surface area contributed by atoms with Crippen LogP contribution >= 0.6 is 0 Å². The van der Waals surface area contributed by atoms with E-state index in [4.69, 9.17) is 9.47 Å². The lowest BCUT2D eigenvalue weighted by molar-refractivity contribution is -0.160. The fourth-order valence-corrected chi connectivity index (χ4v) is 4.77. The highest BCUT2D eigenvalue weighted by Crippen LogP contribution is 2.30. The minimum absolute atomic E-state index is 0.137. The number of carbonyl (C=O) groups is 2.